The second-order valence-electron chi connectivity index (χ2n) is 5.97. The number of amides is 1. The third-order valence-corrected chi connectivity index (χ3v) is 3.26. The highest BCUT2D eigenvalue weighted by molar-refractivity contribution is 5.96. The summed E-state index contributed by atoms with van der Waals surface area (Å²) in [7, 11) is 0. The van der Waals surface area contributed by atoms with Gasteiger partial charge in [-0.3, -0.25) is 4.79 Å². The molecule has 1 unspecified atom stereocenters. The van der Waals surface area contributed by atoms with Gasteiger partial charge in [0.15, 0.2) is 0 Å². The molecule has 1 amide bonds. The Hall–Kier alpha value is -1.55. The van der Waals surface area contributed by atoms with Gasteiger partial charge < -0.3 is 16.2 Å². The number of nitrogens with one attached hydrogen (secondary N) is 1. The Labute approximate surface area is 115 Å². The summed E-state index contributed by atoms with van der Waals surface area (Å²) in [6.07, 6.45) is 0.742. The second kappa shape index (κ2) is 6.06. The van der Waals surface area contributed by atoms with E-state index in [0.29, 0.717) is 12.1 Å². The minimum Gasteiger partial charge on any atom is -0.508 e. The van der Waals surface area contributed by atoms with Crippen LogP contribution in [0.3, 0.4) is 0 Å². The lowest BCUT2D eigenvalue weighted by atomic mass is 9.84. The van der Waals surface area contributed by atoms with Crippen molar-refractivity contribution in [1.82, 2.24) is 5.32 Å². The number of carbonyl (C=O) groups excluding carboxylic acids is 1. The molecule has 106 valence electrons. The lowest BCUT2D eigenvalue weighted by molar-refractivity contribution is 0.0898. The number of aromatic hydroxyl groups is 1. The monoisotopic (exact) mass is 264 g/mol. The van der Waals surface area contributed by atoms with Gasteiger partial charge in [0.2, 0.25) is 0 Å². The number of benzene rings is 1. The van der Waals surface area contributed by atoms with Gasteiger partial charge in [0, 0.05) is 11.6 Å². The smallest absolute Gasteiger partial charge is 0.251 e. The van der Waals surface area contributed by atoms with Crippen LogP contribution in [0.15, 0.2) is 18.2 Å². The first-order valence-corrected chi connectivity index (χ1v) is 6.56. The molecule has 0 aromatic heterocycles. The first-order valence-electron chi connectivity index (χ1n) is 6.56. The van der Waals surface area contributed by atoms with E-state index in [4.69, 9.17) is 5.73 Å². The molecule has 19 heavy (non-hydrogen) atoms. The molecule has 0 saturated heterocycles. The van der Waals surface area contributed by atoms with Crippen molar-refractivity contribution in [3.05, 3.63) is 29.3 Å². The average molecular weight is 264 g/mol. The fourth-order valence-electron chi connectivity index (χ4n) is 2.03. The van der Waals surface area contributed by atoms with E-state index in [1.165, 1.54) is 6.07 Å². The zero-order chi connectivity index (χ0) is 14.6. The van der Waals surface area contributed by atoms with Gasteiger partial charge in [0.1, 0.15) is 5.75 Å². The van der Waals surface area contributed by atoms with Crippen LogP contribution in [0.5, 0.6) is 5.75 Å². The number of aryl methyl sites for hydroxylation is 1. The van der Waals surface area contributed by atoms with Gasteiger partial charge in [-0.15, -0.1) is 0 Å². The molecule has 0 aliphatic rings. The number of phenols is 1. The summed E-state index contributed by atoms with van der Waals surface area (Å²) in [5.41, 5.74) is 6.91. The van der Waals surface area contributed by atoms with E-state index in [1.807, 2.05) is 6.92 Å². The molecule has 1 aromatic carbocycles. The van der Waals surface area contributed by atoms with E-state index in [2.05, 4.69) is 26.1 Å². The molecule has 4 N–H and O–H groups in total. The van der Waals surface area contributed by atoms with E-state index >= 15 is 0 Å². The van der Waals surface area contributed by atoms with Crippen molar-refractivity contribution in [2.24, 2.45) is 11.1 Å². The van der Waals surface area contributed by atoms with E-state index in [1.54, 1.807) is 12.1 Å². The zero-order valence-corrected chi connectivity index (χ0v) is 12.2. The maximum absolute atomic E-state index is 12.3. The molecule has 0 spiro atoms. The third kappa shape index (κ3) is 4.24. The van der Waals surface area contributed by atoms with Crippen molar-refractivity contribution in [2.45, 2.75) is 40.2 Å². The highest BCUT2D eigenvalue weighted by atomic mass is 16.3. The molecular formula is C15H24N2O2. The van der Waals surface area contributed by atoms with Gasteiger partial charge in [-0.2, -0.15) is 0 Å². The van der Waals surface area contributed by atoms with E-state index < -0.39 is 0 Å². The van der Waals surface area contributed by atoms with Crippen molar-refractivity contribution < 1.29 is 9.90 Å². The Balaban J connectivity index is 2.88. The molecule has 1 aromatic rings. The highest BCUT2D eigenvalue weighted by Gasteiger charge is 2.26. The second-order valence-corrected chi connectivity index (χ2v) is 5.97. The zero-order valence-electron chi connectivity index (χ0n) is 12.2. The van der Waals surface area contributed by atoms with Crippen LogP contribution in [0.4, 0.5) is 0 Å². The lowest BCUT2D eigenvalue weighted by Crippen LogP contribution is -2.45. The number of phenolic OH excluding ortho intramolecular Hbond substituents is 1. The molecule has 4 heteroatoms. The van der Waals surface area contributed by atoms with Crippen LogP contribution in [-0.4, -0.2) is 23.6 Å². The summed E-state index contributed by atoms with van der Waals surface area (Å²) in [6, 6.07) is 4.78. The predicted molar refractivity (Wildman–Crippen MR) is 77.2 cm³/mol. The molecule has 4 nitrogen and oxygen atoms in total. The topological polar surface area (TPSA) is 75.3 Å². The van der Waals surface area contributed by atoms with Crippen molar-refractivity contribution >= 4 is 5.91 Å². The number of hydrogen-bond acceptors (Lipinski definition) is 3. The Morgan fingerprint density at radius 2 is 2.05 bits per heavy atom. The molecule has 0 radical (unpaired) electrons. The van der Waals surface area contributed by atoms with E-state index in [9.17, 15) is 9.90 Å². The Morgan fingerprint density at radius 1 is 1.42 bits per heavy atom. The summed E-state index contributed by atoms with van der Waals surface area (Å²) in [6.45, 7) is 8.59. The highest BCUT2D eigenvalue weighted by Crippen LogP contribution is 2.22. The molecule has 0 heterocycles. The molecule has 1 rings (SSSR count). The van der Waals surface area contributed by atoms with Crippen LogP contribution < -0.4 is 11.1 Å². The minimum absolute atomic E-state index is 0.0261. The Kier molecular flexibility index (Phi) is 4.95. The van der Waals surface area contributed by atoms with Crippen LogP contribution in [-0.2, 0) is 0 Å². The van der Waals surface area contributed by atoms with Crippen LogP contribution in [0.1, 0.15) is 43.1 Å². The van der Waals surface area contributed by atoms with Gasteiger partial charge in [-0.1, -0.05) is 20.8 Å². The molecule has 0 aliphatic carbocycles. The van der Waals surface area contributed by atoms with Crippen LogP contribution in [0.2, 0.25) is 0 Å². The maximum Gasteiger partial charge on any atom is 0.251 e. The van der Waals surface area contributed by atoms with Gasteiger partial charge in [-0.25, -0.2) is 0 Å². The molecule has 0 aliphatic heterocycles. The van der Waals surface area contributed by atoms with Crippen LogP contribution >= 0.6 is 0 Å². The predicted octanol–water partition coefficient (Wildman–Crippen LogP) is 2.19. The SMILES string of the molecule is Cc1cc(O)ccc1C(=O)NC(CCN)C(C)(C)C. The summed E-state index contributed by atoms with van der Waals surface area (Å²) in [5.74, 6) is 0.0502. The van der Waals surface area contributed by atoms with Gasteiger partial charge in [-0.05, 0) is 49.1 Å². The first kappa shape index (κ1) is 15.5. The molecule has 1 atom stereocenters. The van der Waals surface area contributed by atoms with Gasteiger partial charge >= 0.3 is 0 Å². The molecule has 0 fully saturated rings. The van der Waals surface area contributed by atoms with E-state index in [-0.39, 0.29) is 23.1 Å². The summed E-state index contributed by atoms with van der Waals surface area (Å²) in [4.78, 5) is 12.3. The van der Waals surface area contributed by atoms with Crippen LogP contribution in [0.25, 0.3) is 0 Å². The third-order valence-electron chi connectivity index (χ3n) is 3.26. The number of carbonyl (C=O) groups is 1. The quantitative estimate of drug-likeness (QED) is 0.780. The van der Waals surface area contributed by atoms with Gasteiger partial charge in [0.25, 0.3) is 5.91 Å². The van der Waals surface area contributed by atoms with Crippen molar-refractivity contribution in [1.29, 1.82) is 0 Å². The fraction of sp³-hybridized carbons (Fsp3) is 0.533. The number of hydrogen-bond donors (Lipinski definition) is 3. The normalized spacial score (nSPS) is 13.1. The van der Waals surface area contributed by atoms with E-state index in [0.717, 1.165) is 12.0 Å². The summed E-state index contributed by atoms with van der Waals surface area (Å²) < 4.78 is 0. The minimum atomic E-state index is -0.120. The average Bonchev–Trinajstić information content (AvgIpc) is 2.26. The van der Waals surface area contributed by atoms with Crippen LogP contribution in [0, 0.1) is 12.3 Å². The van der Waals surface area contributed by atoms with Crippen molar-refractivity contribution in [3.63, 3.8) is 0 Å². The van der Waals surface area contributed by atoms with Gasteiger partial charge in [0.05, 0.1) is 0 Å². The lowest BCUT2D eigenvalue weighted by Gasteiger charge is -2.31. The summed E-state index contributed by atoms with van der Waals surface area (Å²) >= 11 is 0. The molecular weight excluding hydrogens is 240 g/mol. The summed E-state index contributed by atoms with van der Waals surface area (Å²) in [5, 5.41) is 12.4. The molecule has 0 bridgehead atoms. The maximum atomic E-state index is 12.3. The number of nitrogens with two attached hydrogens (primary N) is 1. The first-order chi connectivity index (χ1) is 8.75. The molecule has 0 saturated carbocycles. The Bertz CT molecular complexity index is 450. The standard InChI is InChI=1S/C15H24N2O2/c1-10-9-11(18)5-6-12(10)14(19)17-13(7-8-16)15(2,3)4/h5-6,9,13,18H,7-8,16H2,1-4H3,(H,17,19). The van der Waals surface area contributed by atoms with Crippen molar-refractivity contribution in [2.75, 3.05) is 6.54 Å². The fourth-order valence-corrected chi connectivity index (χ4v) is 2.03. The number of rotatable bonds is 4. The van der Waals surface area contributed by atoms with Crippen molar-refractivity contribution in [3.8, 4) is 5.75 Å². The largest absolute Gasteiger partial charge is 0.508 e. The Morgan fingerprint density at radius 3 is 2.53 bits per heavy atom.